The minimum absolute atomic E-state index is 0.117. The van der Waals surface area contributed by atoms with Crippen molar-refractivity contribution in [3.05, 3.63) is 76.2 Å². The third kappa shape index (κ3) is 4.80. The largest absolute Gasteiger partial charge is 0.374 e. The molecule has 0 aliphatic heterocycles. The van der Waals surface area contributed by atoms with Crippen molar-refractivity contribution in [2.24, 2.45) is 0 Å². The molecule has 0 radical (unpaired) electrons. The van der Waals surface area contributed by atoms with Crippen LogP contribution in [-0.4, -0.2) is 21.8 Å². The zero-order chi connectivity index (χ0) is 19.2. The molecule has 2 aromatic carbocycles. The number of rotatable bonds is 7. The zero-order valence-electron chi connectivity index (χ0n) is 15.5. The van der Waals surface area contributed by atoms with Crippen molar-refractivity contribution in [1.29, 1.82) is 0 Å². The number of carbonyl (C=O) groups excluding carboxylic acids is 1. The summed E-state index contributed by atoms with van der Waals surface area (Å²) >= 11 is 0. The van der Waals surface area contributed by atoms with Gasteiger partial charge in [0, 0.05) is 11.9 Å². The molecule has 1 N–H and O–H groups in total. The van der Waals surface area contributed by atoms with Gasteiger partial charge in [-0.25, -0.2) is 4.68 Å². The second kappa shape index (κ2) is 8.60. The first-order chi connectivity index (χ1) is 13.0. The van der Waals surface area contributed by atoms with E-state index in [9.17, 15) is 9.59 Å². The molecule has 0 saturated heterocycles. The molecule has 3 rings (SSSR count). The fraction of sp³-hybridized carbons (Fsp3) is 0.286. The second-order valence-corrected chi connectivity index (χ2v) is 6.60. The van der Waals surface area contributed by atoms with Crippen molar-refractivity contribution in [2.75, 3.05) is 0 Å². The molecule has 0 unspecified atom stereocenters. The topological polar surface area (TPSA) is 73.2 Å². The molecule has 0 saturated carbocycles. The SMILES string of the molecule is CC(C)OCc1ccccc1CNC(=O)Cn1ncc2ccccc2c1=O. The summed E-state index contributed by atoms with van der Waals surface area (Å²) < 4.78 is 6.85. The van der Waals surface area contributed by atoms with E-state index in [1.807, 2.05) is 50.2 Å². The van der Waals surface area contributed by atoms with Crippen LogP contribution in [0.25, 0.3) is 10.8 Å². The van der Waals surface area contributed by atoms with Crippen LogP contribution in [0.3, 0.4) is 0 Å². The highest BCUT2D eigenvalue weighted by Crippen LogP contribution is 2.11. The molecule has 1 amide bonds. The van der Waals surface area contributed by atoms with E-state index < -0.39 is 0 Å². The summed E-state index contributed by atoms with van der Waals surface area (Å²) in [7, 11) is 0. The Morgan fingerprint density at radius 3 is 2.59 bits per heavy atom. The molecule has 0 bridgehead atoms. The lowest BCUT2D eigenvalue weighted by Crippen LogP contribution is -2.33. The van der Waals surface area contributed by atoms with Crippen LogP contribution in [0.2, 0.25) is 0 Å². The van der Waals surface area contributed by atoms with E-state index in [0.717, 1.165) is 16.5 Å². The number of nitrogens with one attached hydrogen (secondary N) is 1. The summed E-state index contributed by atoms with van der Waals surface area (Å²) in [5.41, 5.74) is 1.76. The molecular formula is C21H23N3O3. The Balaban J connectivity index is 1.66. The van der Waals surface area contributed by atoms with Gasteiger partial charge >= 0.3 is 0 Å². The van der Waals surface area contributed by atoms with Crippen LogP contribution >= 0.6 is 0 Å². The monoisotopic (exact) mass is 365 g/mol. The lowest BCUT2D eigenvalue weighted by atomic mass is 10.1. The number of nitrogens with zero attached hydrogens (tertiary/aromatic N) is 2. The molecular weight excluding hydrogens is 342 g/mol. The maximum atomic E-state index is 12.4. The first-order valence-electron chi connectivity index (χ1n) is 8.94. The Bertz CT molecular complexity index is 995. The van der Waals surface area contributed by atoms with Crippen LogP contribution in [0.15, 0.2) is 59.5 Å². The molecule has 6 heteroatoms. The van der Waals surface area contributed by atoms with Crippen molar-refractivity contribution < 1.29 is 9.53 Å². The second-order valence-electron chi connectivity index (χ2n) is 6.60. The van der Waals surface area contributed by atoms with Gasteiger partial charge in [0.15, 0.2) is 0 Å². The summed E-state index contributed by atoms with van der Waals surface area (Å²) in [5.74, 6) is -0.264. The maximum Gasteiger partial charge on any atom is 0.275 e. The highest BCUT2D eigenvalue weighted by molar-refractivity contribution is 5.81. The van der Waals surface area contributed by atoms with Gasteiger partial charge in [0.2, 0.25) is 5.91 Å². The Morgan fingerprint density at radius 2 is 1.81 bits per heavy atom. The molecule has 0 fully saturated rings. The molecule has 27 heavy (non-hydrogen) atoms. The van der Waals surface area contributed by atoms with Gasteiger partial charge in [0.1, 0.15) is 6.54 Å². The summed E-state index contributed by atoms with van der Waals surface area (Å²) in [6, 6.07) is 15.0. The van der Waals surface area contributed by atoms with E-state index in [2.05, 4.69) is 10.4 Å². The van der Waals surface area contributed by atoms with E-state index in [-0.39, 0.29) is 24.1 Å². The van der Waals surface area contributed by atoms with Crippen LogP contribution in [0, 0.1) is 0 Å². The molecule has 0 aliphatic rings. The molecule has 1 heterocycles. The van der Waals surface area contributed by atoms with Crippen LogP contribution in [-0.2, 0) is 29.2 Å². The molecule has 0 spiro atoms. The number of ether oxygens (including phenoxy) is 1. The average Bonchev–Trinajstić information content (AvgIpc) is 2.67. The Labute approximate surface area is 157 Å². The standard InChI is InChI=1S/C21H23N3O3/c1-15(2)27-14-18-9-4-3-7-16(18)11-22-20(25)13-24-21(26)19-10-6-5-8-17(19)12-23-24/h3-10,12,15H,11,13-14H2,1-2H3,(H,22,25). The Morgan fingerprint density at radius 1 is 1.11 bits per heavy atom. The number of amides is 1. The highest BCUT2D eigenvalue weighted by Gasteiger charge is 2.09. The lowest BCUT2D eigenvalue weighted by molar-refractivity contribution is -0.122. The number of hydrogen-bond donors (Lipinski definition) is 1. The minimum atomic E-state index is -0.269. The fourth-order valence-electron chi connectivity index (χ4n) is 2.75. The molecule has 140 valence electrons. The number of carbonyl (C=O) groups is 1. The molecule has 6 nitrogen and oxygen atoms in total. The smallest absolute Gasteiger partial charge is 0.275 e. The first kappa shape index (κ1) is 18.8. The quantitative estimate of drug-likeness (QED) is 0.699. The third-order valence-corrected chi connectivity index (χ3v) is 4.22. The van der Waals surface area contributed by atoms with Crippen LogP contribution in [0.1, 0.15) is 25.0 Å². The van der Waals surface area contributed by atoms with Crippen LogP contribution in [0.4, 0.5) is 0 Å². The molecule has 3 aromatic rings. The van der Waals surface area contributed by atoms with Crippen LogP contribution in [0.5, 0.6) is 0 Å². The maximum absolute atomic E-state index is 12.4. The van der Waals surface area contributed by atoms with Gasteiger partial charge in [0.25, 0.3) is 5.56 Å². The third-order valence-electron chi connectivity index (χ3n) is 4.22. The number of fused-ring (bicyclic) bond motifs is 1. The van der Waals surface area contributed by atoms with Crippen molar-refractivity contribution >= 4 is 16.7 Å². The van der Waals surface area contributed by atoms with Crippen LogP contribution < -0.4 is 10.9 Å². The summed E-state index contributed by atoms with van der Waals surface area (Å²) in [6.45, 7) is 4.72. The zero-order valence-corrected chi connectivity index (χ0v) is 15.5. The average molecular weight is 365 g/mol. The summed E-state index contributed by atoms with van der Waals surface area (Å²) in [5, 5.41) is 8.26. The Hall–Kier alpha value is -2.99. The van der Waals surface area contributed by atoms with E-state index >= 15 is 0 Å². The highest BCUT2D eigenvalue weighted by atomic mass is 16.5. The number of benzene rings is 2. The predicted octanol–water partition coefficient (Wildman–Crippen LogP) is 2.64. The normalized spacial score (nSPS) is 11.1. The predicted molar refractivity (Wildman–Crippen MR) is 104 cm³/mol. The first-order valence-corrected chi connectivity index (χ1v) is 8.94. The molecule has 1 aromatic heterocycles. The lowest BCUT2D eigenvalue weighted by Gasteiger charge is -2.13. The summed E-state index contributed by atoms with van der Waals surface area (Å²) in [6.07, 6.45) is 1.74. The van der Waals surface area contributed by atoms with Gasteiger partial charge in [-0.1, -0.05) is 42.5 Å². The van der Waals surface area contributed by atoms with Gasteiger partial charge in [-0.2, -0.15) is 5.10 Å². The Kier molecular flexibility index (Phi) is 5.98. The van der Waals surface area contributed by atoms with Gasteiger partial charge in [-0.15, -0.1) is 0 Å². The van der Waals surface area contributed by atoms with E-state index in [0.29, 0.717) is 18.5 Å². The van der Waals surface area contributed by atoms with Crippen molar-refractivity contribution in [3.63, 3.8) is 0 Å². The fourth-order valence-corrected chi connectivity index (χ4v) is 2.75. The van der Waals surface area contributed by atoms with Gasteiger partial charge < -0.3 is 10.1 Å². The summed E-state index contributed by atoms with van der Waals surface area (Å²) in [4.78, 5) is 24.8. The van der Waals surface area contributed by atoms with E-state index in [1.54, 1.807) is 18.3 Å². The van der Waals surface area contributed by atoms with E-state index in [1.165, 1.54) is 4.68 Å². The van der Waals surface area contributed by atoms with Crippen molar-refractivity contribution in [3.8, 4) is 0 Å². The van der Waals surface area contributed by atoms with Gasteiger partial charge in [-0.05, 0) is 31.0 Å². The van der Waals surface area contributed by atoms with Crippen molar-refractivity contribution in [2.45, 2.75) is 39.6 Å². The number of hydrogen-bond acceptors (Lipinski definition) is 4. The van der Waals surface area contributed by atoms with Gasteiger partial charge in [0.05, 0.1) is 24.3 Å². The molecule has 0 aliphatic carbocycles. The van der Waals surface area contributed by atoms with E-state index in [4.69, 9.17) is 4.74 Å². The number of aromatic nitrogens is 2. The molecule has 0 atom stereocenters. The van der Waals surface area contributed by atoms with Crippen molar-refractivity contribution in [1.82, 2.24) is 15.1 Å². The minimum Gasteiger partial charge on any atom is -0.374 e. The van der Waals surface area contributed by atoms with Gasteiger partial charge in [-0.3, -0.25) is 9.59 Å².